The molecule has 0 spiro atoms. The topological polar surface area (TPSA) is 99.8 Å². The molecule has 0 aliphatic carbocycles. The van der Waals surface area contributed by atoms with E-state index >= 15 is 0 Å². The predicted molar refractivity (Wildman–Crippen MR) is 108 cm³/mol. The first-order chi connectivity index (χ1) is 13.4. The summed E-state index contributed by atoms with van der Waals surface area (Å²) in [6.07, 6.45) is 1.61. The number of aromatic amines is 1. The molecule has 1 aliphatic rings. The van der Waals surface area contributed by atoms with Gasteiger partial charge in [-0.25, -0.2) is 4.68 Å². The molecule has 9 heteroatoms. The summed E-state index contributed by atoms with van der Waals surface area (Å²) in [7, 11) is 2.09. The summed E-state index contributed by atoms with van der Waals surface area (Å²) in [6, 6.07) is 5.94. The van der Waals surface area contributed by atoms with Gasteiger partial charge in [0.1, 0.15) is 0 Å². The summed E-state index contributed by atoms with van der Waals surface area (Å²) in [6.45, 7) is 7.47. The van der Waals surface area contributed by atoms with E-state index in [1.807, 2.05) is 11.9 Å². The van der Waals surface area contributed by atoms with Gasteiger partial charge in [-0.05, 0) is 32.5 Å². The molecule has 0 amide bonds. The molecule has 2 heterocycles. The van der Waals surface area contributed by atoms with Gasteiger partial charge in [0.05, 0.1) is 21.9 Å². The maximum Gasteiger partial charge on any atom is 0.280 e. The number of nitrogens with zero attached hydrogens (tertiary/aromatic N) is 5. The highest BCUT2D eigenvalue weighted by atomic mass is 16.6. The lowest BCUT2D eigenvalue weighted by molar-refractivity contribution is -0.384. The normalized spacial score (nSPS) is 15.8. The highest BCUT2D eigenvalue weighted by molar-refractivity contribution is 5.99. The maximum atomic E-state index is 13.1. The van der Waals surface area contributed by atoms with Crippen molar-refractivity contribution < 1.29 is 4.92 Å². The summed E-state index contributed by atoms with van der Waals surface area (Å²) in [5.74, 6) is 0. The van der Waals surface area contributed by atoms with E-state index in [9.17, 15) is 14.9 Å². The van der Waals surface area contributed by atoms with E-state index in [1.54, 1.807) is 12.1 Å². The van der Waals surface area contributed by atoms with Crippen molar-refractivity contribution >= 4 is 11.4 Å². The molecule has 0 unspecified atom stereocenters. The number of nitro benzene ring substituents is 1. The molecule has 1 aliphatic heterocycles. The number of non-ortho nitro benzene ring substituents is 1. The minimum absolute atomic E-state index is 0.00910. The molecule has 3 rings (SSSR count). The Hall–Kier alpha value is -2.94. The van der Waals surface area contributed by atoms with Crippen molar-refractivity contribution in [2.75, 3.05) is 33.2 Å². The largest absolute Gasteiger partial charge is 0.303 e. The van der Waals surface area contributed by atoms with Gasteiger partial charge in [-0.15, -0.1) is 0 Å². The molecular formula is C19H26N6O3. The van der Waals surface area contributed by atoms with Gasteiger partial charge in [0.25, 0.3) is 11.2 Å². The number of aryl methyl sites for hydroxylation is 1. The summed E-state index contributed by atoms with van der Waals surface area (Å²) < 4.78 is 1.44. The molecule has 1 fully saturated rings. The monoisotopic (exact) mass is 386 g/mol. The Kier molecular flexibility index (Phi) is 5.93. The van der Waals surface area contributed by atoms with Crippen LogP contribution >= 0.6 is 0 Å². The number of hydrazone groups is 1. The van der Waals surface area contributed by atoms with Crippen LogP contribution in [0.25, 0.3) is 5.69 Å². The van der Waals surface area contributed by atoms with Crippen molar-refractivity contribution in [1.82, 2.24) is 19.7 Å². The number of likely N-dealkylation sites (N-methyl/N-ethyl adjacent to an activating group) is 1. The Balaban J connectivity index is 1.96. The lowest BCUT2D eigenvalue weighted by atomic mass is 10.1. The van der Waals surface area contributed by atoms with Gasteiger partial charge < -0.3 is 4.90 Å². The first kappa shape index (κ1) is 19.8. The number of piperazine rings is 1. The molecule has 1 aromatic carbocycles. The summed E-state index contributed by atoms with van der Waals surface area (Å²) >= 11 is 0. The number of hydrogen-bond donors (Lipinski definition) is 1. The van der Waals surface area contributed by atoms with E-state index in [-0.39, 0.29) is 11.2 Å². The molecule has 0 atom stereocenters. The van der Waals surface area contributed by atoms with E-state index in [4.69, 9.17) is 0 Å². The van der Waals surface area contributed by atoms with Crippen molar-refractivity contribution in [2.45, 2.75) is 26.7 Å². The van der Waals surface area contributed by atoms with Crippen LogP contribution in [0.1, 0.15) is 31.5 Å². The molecule has 0 radical (unpaired) electrons. The zero-order chi connectivity index (χ0) is 20.3. The van der Waals surface area contributed by atoms with Crippen LogP contribution in [0, 0.1) is 10.1 Å². The smallest absolute Gasteiger partial charge is 0.280 e. The molecule has 9 nitrogen and oxygen atoms in total. The highest BCUT2D eigenvalue weighted by Gasteiger charge is 2.20. The molecule has 0 saturated carbocycles. The average molecular weight is 386 g/mol. The van der Waals surface area contributed by atoms with Crippen molar-refractivity contribution in [3.05, 3.63) is 56.0 Å². The number of H-pyrrole nitrogens is 1. The van der Waals surface area contributed by atoms with Gasteiger partial charge in [0.2, 0.25) is 0 Å². The van der Waals surface area contributed by atoms with E-state index < -0.39 is 4.92 Å². The number of benzene rings is 1. The Morgan fingerprint density at radius 1 is 1.21 bits per heavy atom. The van der Waals surface area contributed by atoms with Crippen molar-refractivity contribution in [3.63, 3.8) is 0 Å². The first-order valence-corrected chi connectivity index (χ1v) is 9.48. The van der Waals surface area contributed by atoms with Crippen LogP contribution in [-0.4, -0.2) is 63.6 Å². The lowest BCUT2D eigenvalue weighted by Gasteiger charge is -2.30. The Bertz CT molecular complexity index is 920. The highest BCUT2D eigenvalue weighted by Crippen LogP contribution is 2.16. The van der Waals surface area contributed by atoms with Gasteiger partial charge >= 0.3 is 0 Å². The third-order valence-electron chi connectivity index (χ3n) is 4.92. The first-order valence-electron chi connectivity index (χ1n) is 9.48. The summed E-state index contributed by atoms with van der Waals surface area (Å²) in [4.78, 5) is 25.8. The number of nitrogens with one attached hydrogen (secondary N) is 1. The van der Waals surface area contributed by atoms with Crippen LogP contribution < -0.4 is 5.56 Å². The van der Waals surface area contributed by atoms with Crippen molar-refractivity contribution in [3.8, 4) is 5.69 Å². The molecule has 1 N–H and O–H groups in total. The molecular weight excluding hydrogens is 360 g/mol. The van der Waals surface area contributed by atoms with Crippen LogP contribution in [0.4, 0.5) is 5.69 Å². The lowest BCUT2D eigenvalue weighted by Crippen LogP contribution is -2.42. The second-order valence-electron chi connectivity index (χ2n) is 7.07. The molecule has 1 aromatic heterocycles. The average Bonchev–Trinajstić information content (AvgIpc) is 3.00. The fourth-order valence-electron chi connectivity index (χ4n) is 3.35. The Morgan fingerprint density at radius 3 is 2.43 bits per heavy atom. The minimum atomic E-state index is -0.456. The third kappa shape index (κ3) is 4.14. The van der Waals surface area contributed by atoms with Gasteiger partial charge in [0.15, 0.2) is 0 Å². The SMILES string of the molecule is CCCc1[nH]n(-c2ccc([N+](=O)[O-])cc2)c(=O)c1C(C)=NN1CCN(C)CC1. The fraction of sp³-hybridized carbons (Fsp3) is 0.474. The van der Waals surface area contributed by atoms with Crippen LogP contribution in [-0.2, 0) is 6.42 Å². The molecule has 150 valence electrons. The van der Waals surface area contributed by atoms with Crippen molar-refractivity contribution in [2.24, 2.45) is 5.10 Å². The zero-order valence-electron chi connectivity index (χ0n) is 16.5. The summed E-state index contributed by atoms with van der Waals surface area (Å²) in [5.41, 5.74) is 2.47. The van der Waals surface area contributed by atoms with E-state index in [1.165, 1.54) is 16.8 Å². The van der Waals surface area contributed by atoms with E-state index in [2.05, 4.69) is 29.1 Å². The number of aromatic nitrogens is 2. The van der Waals surface area contributed by atoms with Crippen LogP contribution in [0.2, 0.25) is 0 Å². The van der Waals surface area contributed by atoms with Gasteiger partial charge in [-0.3, -0.25) is 25.0 Å². The standard InChI is InChI=1S/C19H26N6O3/c1-4-5-17-18(14(2)20-23-12-10-22(3)11-13-23)19(26)24(21-17)15-6-8-16(9-7-15)25(27)28/h6-9,21H,4-5,10-13H2,1-3H3. The fourth-order valence-corrected chi connectivity index (χ4v) is 3.35. The zero-order valence-corrected chi connectivity index (χ0v) is 16.5. The van der Waals surface area contributed by atoms with Gasteiger partial charge in [0, 0.05) is 44.0 Å². The number of hydrogen-bond acceptors (Lipinski definition) is 6. The minimum Gasteiger partial charge on any atom is -0.303 e. The Morgan fingerprint density at radius 2 is 1.86 bits per heavy atom. The maximum absolute atomic E-state index is 13.1. The molecule has 1 saturated heterocycles. The third-order valence-corrected chi connectivity index (χ3v) is 4.92. The molecule has 0 bridgehead atoms. The van der Waals surface area contributed by atoms with Gasteiger partial charge in [-0.2, -0.15) is 5.10 Å². The Labute approximate surface area is 163 Å². The van der Waals surface area contributed by atoms with Crippen LogP contribution in [0.5, 0.6) is 0 Å². The van der Waals surface area contributed by atoms with Crippen LogP contribution in [0.3, 0.4) is 0 Å². The second kappa shape index (κ2) is 8.39. The molecule has 2 aromatic rings. The number of rotatable bonds is 6. The quantitative estimate of drug-likeness (QED) is 0.465. The predicted octanol–water partition coefficient (Wildman–Crippen LogP) is 2.00. The molecule has 28 heavy (non-hydrogen) atoms. The van der Waals surface area contributed by atoms with Crippen LogP contribution in [0.15, 0.2) is 34.2 Å². The van der Waals surface area contributed by atoms with E-state index in [0.29, 0.717) is 17.0 Å². The van der Waals surface area contributed by atoms with Gasteiger partial charge in [-0.1, -0.05) is 13.3 Å². The number of nitro groups is 1. The van der Waals surface area contributed by atoms with Crippen molar-refractivity contribution in [1.29, 1.82) is 0 Å². The second-order valence-corrected chi connectivity index (χ2v) is 7.07. The summed E-state index contributed by atoms with van der Waals surface area (Å²) in [5, 5.41) is 20.7. The van der Waals surface area contributed by atoms with E-state index in [0.717, 1.165) is 44.7 Å².